The minimum atomic E-state index is 0.00417. The Kier molecular flexibility index (Phi) is 4.64. The molecule has 0 bridgehead atoms. The number of aromatic nitrogens is 2. The second-order valence-electron chi connectivity index (χ2n) is 7.72. The maximum atomic E-state index is 13.7. The van der Waals surface area contributed by atoms with Crippen LogP contribution >= 0.6 is 11.3 Å². The van der Waals surface area contributed by atoms with Crippen molar-refractivity contribution in [3.63, 3.8) is 0 Å². The molecule has 7 heteroatoms. The van der Waals surface area contributed by atoms with E-state index in [2.05, 4.69) is 16.2 Å². The van der Waals surface area contributed by atoms with Crippen LogP contribution in [-0.2, 0) is 11.3 Å². The summed E-state index contributed by atoms with van der Waals surface area (Å²) in [5, 5.41) is 6.85. The van der Waals surface area contributed by atoms with Gasteiger partial charge >= 0.3 is 0 Å². The highest BCUT2D eigenvalue weighted by molar-refractivity contribution is 7.09. The predicted molar refractivity (Wildman–Crippen MR) is 107 cm³/mol. The van der Waals surface area contributed by atoms with E-state index in [-0.39, 0.29) is 12.0 Å². The number of carbonyl (C=O) groups excluding carboxylic acids is 1. The van der Waals surface area contributed by atoms with Crippen molar-refractivity contribution in [2.45, 2.75) is 51.2 Å². The molecule has 0 spiro atoms. The third kappa shape index (κ3) is 3.44. The zero-order chi connectivity index (χ0) is 19.1. The number of fused-ring (bicyclic) bond motifs is 1. The van der Waals surface area contributed by atoms with E-state index < -0.39 is 0 Å². The van der Waals surface area contributed by atoms with E-state index in [1.807, 2.05) is 29.3 Å². The number of ether oxygens (including phenoxy) is 1. The molecule has 4 heterocycles. The van der Waals surface area contributed by atoms with Gasteiger partial charge in [-0.1, -0.05) is 11.2 Å². The molecule has 1 atom stereocenters. The Morgan fingerprint density at radius 3 is 2.96 bits per heavy atom. The summed E-state index contributed by atoms with van der Waals surface area (Å²) in [6, 6.07) is 6.06. The average molecular weight is 398 g/mol. The van der Waals surface area contributed by atoms with Gasteiger partial charge in [-0.05, 0) is 50.1 Å². The van der Waals surface area contributed by atoms with Gasteiger partial charge in [-0.3, -0.25) is 4.79 Å². The van der Waals surface area contributed by atoms with Gasteiger partial charge in [-0.25, -0.2) is 4.98 Å². The van der Waals surface area contributed by atoms with E-state index in [4.69, 9.17) is 9.26 Å². The molecule has 1 amide bonds. The number of thiophene rings is 1. The fraction of sp³-hybridized carbons (Fsp3) is 0.476. The molecule has 0 aromatic carbocycles. The van der Waals surface area contributed by atoms with Gasteiger partial charge in [0.2, 0.25) is 0 Å². The average Bonchev–Trinajstić information content (AvgIpc) is 3.07. The molecular formula is C21H23N3O3S. The van der Waals surface area contributed by atoms with E-state index in [0.717, 1.165) is 43.4 Å². The molecule has 5 rings (SSSR count). The van der Waals surface area contributed by atoms with E-state index in [1.54, 1.807) is 11.3 Å². The van der Waals surface area contributed by atoms with Crippen LogP contribution in [-0.4, -0.2) is 40.2 Å². The monoisotopic (exact) mass is 397 g/mol. The van der Waals surface area contributed by atoms with Crippen LogP contribution in [0.4, 0.5) is 0 Å². The summed E-state index contributed by atoms with van der Waals surface area (Å²) in [6.45, 7) is 3.83. The molecule has 1 aliphatic carbocycles. The van der Waals surface area contributed by atoms with Gasteiger partial charge in [0.15, 0.2) is 0 Å². The van der Waals surface area contributed by atoms with Crippen LogP contribution in [0.3, 0.4) is 0 Å². The van der Waals surface area contributed by atoms with Crippen LogP contribution in [0.25, 0.3) is 11.1 Å². The summed E-state index contributed by atoms with van der Waals surface area (Å²) in [5.74, 6) is 0.440. The summed E-state index contributed by atoms with van der Waals surface area (Å²) in [5.41, 5.74) is 2.78. The van der Waals surface area contributed by atoms with E-state index >= 15 is 0 Å². The topological polar surface area (TPSA) is 68.5 Å². The van der Waals surface area contributed by atoms with Gasteiger partial charge in [0.25, 0.3) is 11.6 Å². The predicted octanol–water partition coefficient (Wildman–Crippen LogP) is 4.29. The van der Waals surface area contributed by atoms with Crippen LogP contribution in [0.5, 0.6) is 0 Å². The molecule has 28 heavy (non-hydrogen) atoms. The van der Waals surface area contributed by atoms with Crippen molar-refractivity contribution in [2.75, 3.05) is 13.2 Å². The van der Waals surface area contributed by atoms with Gasteiger partial charge in [0.1, 0.15) is 0 Å². The zero-order valence-electron chi connectivity index (χ0n) is 15.9. The second kappa shape index (κ2) is 7.29. The Hall–Kier alpha value is -2.25. The Balaban J connectivity index is 1.52. The summed E-state index contributed by atoms with van der Waals surface area (Å²) in [7, 11) is 0. The van der Waals surface area contributed by atoms with Crippen LogP contribution in [0, 0.1) is 6.92 Å². The maximum Gasteiger partial charge on any atom is 0.259 e. The lowest BCUT2D eigenvalue weighted by Gasteiger charge is -2.25. The molecular weight excluding hydrogens is 374 g/mol. The summed E-state index contributed by atoms with van der Waals surface area (Å²) in [6.07, 6.45) is 4.40. The number of pyridine rings is 1. The maximum absolute atomic E-state index is 13.7. The lowest BCUT2D eigenvalue weighted by Crippen LogP contribution is -2.37. The third-order valence-electron chi connectivity index (χ3n) is 5.52. The first-order valence-electron chi connectivity index (χ1n) is 9.89. The molecule has 2 aliphatic rings. The molecule has 1 unspecified atom stereocenters. The first kappa shape index (κ1) is 17.8. The van der Waals surface area contributed by atoms with Crippen LogP contribution in [0.15, 0.2) is 28.1 Å². The molecule has 3 aromatic rings. The number of amides is 1. The SMILES string of the molecule is Cc1noc2nc(C3CC3)cc(C(=O)N(Cc3cccs3)CC3CCCO3)c12. The highest BCUT2D eigenvalue weighted by atomic mass is 32.1. The molecule has 6 nitrogen and oxygen atoms in total. The molecule has 2 fully saturated rings. The first-order valence-corrected chi connectivity index (χ1v) is 10.8. The number of hydrogen-bond acceptors (Lipinski definition) is 6. The van der Waals surface area contributed by atoms with Gasteiger partial charge in [-0.2, -0.15) is 0 Å². The van der Waals surface area contributed by atoms with Crippen molar-refractivity contribution in [2.24, 2.45) is 0 Å². The summed E-state index contributed by atoms with van der Waals surface area (Å²) in [4.78, 5) is 21.4. The van der Waals surface area contributed by atoms with Crippen molar-refractivity contribution >= 4 is 28.3 Å². The fourth-order valence-corrected chi connectivity index (χ4v) is 4.60. The number of hydrogen-bond donors (Lipinski definition) is 0. The number of carbonyl (C=O) groups is 1. The van der Waals surface area contributed by atoms with Crippen LogP contribution < -0.4 is 0 Å². The molecule has 3 aromatic heterocycles. The number of nitrogens with zero attached hydrogens (tertiary/aromatic N) is 3. The summed E-state index contributed by atoms with van der Waals surface area (Å²) < 4.78 is 11.2. The Labute approximate surface area is 167 Å². The van der Waals surface area contributed by atoms with Crippen molar-refractivity contribution in [3.05, 3.63) is 45.4 Å². The first-order chi connectivity index (χ1) is 13.7. The van der Waals surface area contributed by atoms with Crippen molar-refractivity contribution in [1.82, 2.24) is 15.0 Å². The molecule has 0 radical (unpaired) electrons. The van der Waals surface area contributed by atoms with Crippen LogP contribution in [0.2, 0.25) is 0 Å². The van der Waals surface area contributed by atoms with E-state index in [1.165, 1.54) is 4.88 Å². The van der Waals surface area contributed by atoms with E-state index in [0.29, 0.717) is 36.0 Å². The minimum absolute atomic E-state index is 0.00417. The Bertz CT molecular complexity index is 988. The number of rotatable bonds is 6. The van der Waals surface area contributed by atoms with E-state index in [9.17, 15) is 4.79 Å². The second-order valence-corrected chi connectivity index (χ2v) is 8.75. The normalized spacial score (nSPS) is 19.4. The third-order valence-corrected chi connectivity index (χ3v) is 6.39. The van der Waals surface area contributed by atoms with Crippen LogP contribution in [0.1, 0.15) is 58.2 Å². The Morgan fingerprint density at radius 1 is 1.36 bits per heavy atom. The Morgan fingerprint density at radius 2 is 2.25 bits per heavy atom. The molecule has 0 N–H and O–H groups in total. The smallest absolute Gasteiger partial charge is 0.259 e. The van der Waals surface area contributed by atoms with Crippen molar-refractivity contribution in [1.29, 1.82) is 0 Å². The highest BCUT2D eigenvalue weighted by Crippen LogP contribution is 2.40. The minimum Gasteiger partial charge on any atom is -0.376 e. The van der Waals surface area contributed by atoms with Gasteiger partial charge < -0.3 is 14.2 Å². The standard InChI is InChI=1S/C21H23N3O3S/c1-13-19-17(10-18(14-6-7-14)22-20(19)27-23-13)21(25)24(11-15-4-2-8-26-15)12-16-5-3-9-28-16/h3,5,9-10,14-15H,2,4,6-8,11-12H2,1H3. The lowest BCUT2D eigenvalue weighted by molar-refractivity contribution is 0.0511. The molecule has 1 saturated heterocycles. The molecule has 146 valence electrons. The fourth-order valence-electron chi connectivity index (χ4n) is 3.89. The zero-order valence-corrected chi connectivity index (χ0v) is 16.7. The summed E-state index contributed by atoms with van der Waals surface area (Å²) >= 11 is 1.67. The van der Waals surface area contributed by atoms with Crippen molar-refractivity contribution < 1.29 is 14.1 Å². The van der Waals surface area contributed by atoms with Gasteiger partial charge in [0.05, 0.1) is 29.3 Å². The highest BCUT2D eigenvalue weighted by Gasteiger charge is 2.31. The largest absolute Gasteiger partial charge is 0.376 e. The number of aryl methyl sites for hydroxylation is 1. The molecule has 1 saturated carbocycles. The quantitative estimate of drug-likeness (QED) is 0.621. The van der Waals surface area contributed by atoms with Gasteiger partial charge in [0, 0.05) is 29.6 Å². The lowest BCUT2D eigenvalue weighted by atomic mass is 10.1. The molecule has 1 aliphatic heterocycles. The van der Waals surface area contributed by atoms with Gasteiger partial charge in [-0.15, -0.1) is 11.3 Å². The van der Waals surface area contributed by atoms with Crippen molar-refractivity contribution in [3.8, 4) is 0 Å².